The first-order chi connectivity index (χ1) is 21.1. The van der Waals surface area contributed by atoms with Crippen molar-refractivity contribution in [3.05, 3.63) is 75.3 Å². The van der Waals surface area contributed by atoms with E-state index in [1.54, 1.807) is 24.3 Å². The fraction of sp³-hybridized carbons (Fsp3) is 0.267. The second-order valence-electron chi connectivity index (χ2n) is 9.83. The SMILES string of the molecule is COc1cc(C2=NN(C(C)=O)C(c3ccc(C)c(OCC(=O)Nc4nc5cc([N+](=O)[O-])ccc5s4)c3)C2)cc(OC)c1OC. The molecule has 1 aliphatic heterocycles. The highest BCUT2D eigenvalue weighted by Crippen LogP contribution is 2.41. The van der Waals surface area contributed by atoms with Gasteiger partial charge in [0, 0.05) is 31.0 Å². The number of carbonyl (C=O) groups is 2. The maximum atomic E-state index is 12.7. The molecule has 1 aromatic heterocycles. The van der Waals surface area contributed by atoms with Gasteiger partial charge in [-0.05, 0) is 42.3 Å². The van der Waals surface area contributed by atoms with Crippen LogP contribution in [0.4, 0.5) is 10.8 Å². The Bertz CT molecular complexity index is 1780. The fourth-order valence-electron chi connectivity index (χ4n) is 4.84. The van der Waals surface area contributed by atoms with Crippen molar-refractivity contribution >= 4 is 49.9 Å². The zero-order valence-corrected chi connectivity index (χ0v) is 25.4. The van der Waals surface area contributed by atoms with Crippen molar-refractivity contribution in [2.45, 2.75) is 26.3 Å². The lowest BCUT2D eigenvalue weighted by Gasteiger charge is -2.21. The number of nitro benzene ring substituents is 1. The Labute approximate surface area is 256 Å². The Morgan fingerprint density at radius 1 is 1.05 bits per heavy atom. The number of aromatic nitrogens is 1. The monoisotopic (exact) mass is 619 g/mol. The van der Waals surface area contributed by atoms with Crippen molar-refractivity contribution in [3.63, 3.8) is 0 Å². The number of anilines is 1. The van der Waals surface area contributed by atoms with Crippen molar-refractivity contribution in [3.8, 4) is 23.0 Å². The van der Waals surface area contributed by atoms with E-state index in [2.05, 4.69) is 15.4 Å². The van der Waals surface area contributed by atoms with Crippen LogP contribution >= 0.6 is 11.3 Å². The molecule has 0 bridgehead atoms. The van der Waals surface area contributed by atoms with Crippen LogP contribution in [-0.2, 0) is 9.59 Å². The molecule has 2 amide bonds. The lowest BCUT2D eigenvalue weighted by molar-refractivity contribution is -0.384. The van der Waals surface area contributed by atoms with Crippen LogP contribution in [0.1, 0.15) is 36.1 Å². The molecule has 0 saturated heterocycles. The van der Waals surface area contributed by atoms with E-state index in [0.29, 0.717) is 50.5 Å². The molecule has 1 N–H and O–H groups in total. The predicted molar refractivity (Wildman–Crippen MR) is 164 cm³/mol. The molecule has 5 rings (SSSR count). The number of carbonyl (C=O) groups excluding carboxylic acids is 2. The summed E-state index contributed by atoms with van der Waals surface area (Å²) < 4.78 is 23.0. The molecule has 2 heterocycles. The maximum absolute atomic E-state index is 12.7. The summed E-state index contributed by atoms with van der Waals surface area (Å²) in [6.45, 7) is 3.01. The first-order valence-corrected chi connectivity index (χ1v) is 14.2. The number of aryl methyl sites for hydroxylation is 1. The van der Waals surface area contributed by atoms with E-state index in [0.717, 1.165) is 16.7 Å². The van der Waals surface area contributed by atoms with Crippen molar-refractivity contribution in [1.82, 2.24) is 9.99 Å². The Hall–Kier alpha value is -5.24. The van der Waals surface area contributed by atoms with E-state index in [1.165, 1.54) is 56.7 Å². The number of fused-ring (bicyclic) bond motifs is 1. The number of nitrogens with one attached hydrogen (secondary N) is 1. The van der Waals surface area contributed by atoms with Gasteiger partial charge in [-0.1, -0.05) is 23.5 Å². The highest BCUT2D eigenvalue weighted by Gasteiger charge is 2.33. The summed E-state index contributed by atoms with van der Waals surface area (Å²) in [6.07, 6.45) is 0.414. The summed E-state index contributed by atoms with van der Waals surface area (Å²) in [5.74, 6) is 1.19. The quantitative estimate of drug-likeness (QED) is 0.185. The zero-order valence-electron chi connectivity index (χ0n) is 24.6. The number of hydrogen-bond acceptors (Lipinski definition) is 11. The molecule has 14 heteroatoms. The van der Waals surface area contributed by atoms with Crippen LogP contribution in [0.15, 0.2) is 53.6 Å². The van der Waals surface area contributed by atoms with Gasteiger partial charge in [-0.3, -0.25) is 25.0 Å². The van der Waals surface area contributed by atoms with Crippen molar-refractivity contribution < 1.29 is 33.5 Å². The molecule has 3 aromatic carbocycles. The van der Waals surface area contributed by atoms with E-state index in [1.807, 2.05) is 19.1 Å². The minimum absolute atomic E-state index is 0.0778. The molecular weight excluding hydrogens is 590 g/mol. The van der Waals surface area contributed by atoms with Gasteiger partial charge in [0.05, 0.1) is 48.2 Å². The average Bonchev–Trinajstić information content (AvgIpc) is 3.64. The van der Waals surface area contributed by atoms with E-state index < -0.39 is 16.9 Å². The molecule has 4 aromatic rings. The lowest BCUT2D eigenvalue weighted by atomic mass is 9.97. The number of hydrogen-bond donors (Lipinski definition) is 1. The number of benzene rings is 3. The van der Waals surface area contributed by atoms with Gasteiger partial charge in [0.1, 0.15) is 5.75 Å². The number of rotatable bonds is 10. The van der Waals surface area contributed by atoms with Gasteiger partial charge in [0.25, 0.3) is 11.6 Å². The summed E-state index contributed by atoms with van der Waals surface area (Å²) >= 11 is 1.20. The lowest BCUT2D eigenvalue weighted by Crippen LogP contribution is -2.24. The van der Waals surface area contributed by atoms with E-state index in [4.69, 9.17) is 18.9 Å². The standard InChI is InChI=1S/C30H29N5O8S/c1-16-6-7-18(10-24(16)43-15-28(37)32-30-31-22-13-20(35(38)39)8-9-27(22)44-30)23-14-21(33-34(23)17(2)36)19-11-25(40-3)29(42-5)26(12-19)41-4/h6-13,23H,14-15H2,1-5H3,(H,31,32,37). The Morgan fingerprint density at radius 3 is 2.41 bits per heavy atom. The first-order valence-electron chi connectivity index (χ1n) is 13.4. The van der Waals surface area contributed by atoms with Gasteiger partial charge in [-0.2, -0.15) is 5.10 Å². The largest absolute Gasteiger partial charge is 0.493 e. The van der Waals surface area contributed by atoms with Crippen LogP contribution in [0.25, 0.3) is 10.2 Å². The van der Waals surface area contributed by atoms with Gasteiger partial charge in [0.2, 0.25) is 11.7 Å². The molecule has 0 spiro atoms. The highest BCUT2D eigenvalue weighted by molar-refractivity contribution is 7.22. The molecule has 0 saturated carbocycles. The molecular formula is C30H29N5O8S. The molecule has 228 valence electrons. The Balaban J connectivity index is 1.32. The zero-order chi connectivity index (χ0) is 31.5. The molecule has 0 fully saturated rings. The fourth-order valence-corrected chi connectivity index (χ4v) is 5.71. The van der Waals surface area contributed by atoms with Crippen molar-refractivity contribution in [2.24, 2.45) is 5.10 Å². The summed E-state index contributed by atoms with van der Waals surface area (Å²) in [5.41, 5.74) is 3.30. The van der Waals surface area contributed by atoms with Gasteiger partial charge in [0.15, 0.2) is 23.2 Å². The number of thiazole rings is 1. The van der Waals surface area contributed by atoms with Crippen LogP contribution in [0.5, 0.6) is 23.0 Å². The first kappa shape index (κ1) is 30.2. The second-order valence-corrected chi connectivity index (χ2v) is 10.9. The van der Waals surface area contributed by atoms with Crippen LogP contribution in [0.2, 0.25) is 0 Å². The third kappa shape index (κ3) is 6.10. The number of non-ortho nitro benzene ring substituents is 1. The smallest absolute Gasteiger partial charge is 0.271 e. The van der Waals surface area contributed by atoms with E-state index >= 15 is 0 Å². The van der Waals surface area contributed by atoms with Gasteiger partial charge >= 0.3 is 0 Å². The number of methoxy groups -OCH3 is 3. The normalized spacial score (nSPS) is 14.2. The number of nitrogens with zero attached hydrogens (tertiary/aromatic N) is 4. The van der Waals surface area contributed by atoms with Gasteiger partial charge in [-0.15, -0.1) is 0 Å². The summed E-state index contributed by atoms with van der Waals surface area (Å²) in [7, 11) is 4.59. The molecule has 1 atom stereocenters. The molecule has 13 nitrogen and oxygen atoms in total. The van der Waals surface area contributed by atoms with E-state index in [9.17, 15) is 19.7 Å². The average molecular weight is 620 g/mol. The summed E-state index contributed by atoms with van der Waals surface area (Å²) in [5, 5.41) is 20.1. The van der Waals surface area contributed by atoms with Crippen molar-refractivity contribution in [1.29, 1.82) is 0 Å². The summed E-state index contributed by atoms with van der Waals surface area (Å²) in [6, 6.07) is 13.1. The molecule has 0 radical (unpaired) electrons. The maximum Gasteiger partial charge on any atom is 0.271 e. The third-order valence-corrected chi connectivity index (χ3v) is 7.97. The van der Waals surface area contributed by atoms with Crippen LogP contribution in [-0.4, -0.2) is 60.4 Å². The van der Waals surface area contributed by atoms with Crippen LogP contribution < -0.4 is 24.3 Å². The Morgan fingerprint density at radius 2 is 1.77 bits per heavy atom. The predicted octanol–water partition coefficient (Wildman–Crippen LogP) is 5.25. The number of nitro groups is 1. The summed E-state index contributed by atoms with van der Waals surface area (Å²) in [4.78, 5) is 40.2. The minimum Gasteiger partial charge on any atom is -0.493 e. The molecule has 1 aliphatic rings. The topological polar surface area (TPSA) is 155 Å². The molecule has 44 heavy (non-hydrogen) atoms. The van der Waals surface area contributed by atoms with Gasteiger partial charge in [-0.25, -0.2) is 9.99 Å². The number of amides is 2. The number of hydrazone groups is 1. The minimum atomic E-state index is -0.497. The van der Waals surface area contributed by atoms with Gasteiger partial charge < -0.3 is 18.9 Å². The molecule has 0 aliphatic carbocycles. The Kier molecular flexibility index (Phi) is 8.62. The van der Waals surface area contributed by atoms with Crippen LogP contribution in [0.3, 0.4) is 0 Å². The number of ether oxygens (including phenoxy) is 4. The highest BCUT2D eigenvalue weighted by atomic mass is 32.1. The van der Waals surface area contributed by atoms with Crippen molar-refractivity contribution in [2.75, 3.05) is 33.3 Å². The molecule has 1 unspecified atom stereocenters. The van der Waals surface area contributed by atoms with Crippen LogP contribution in [0, 0.1) is 17.0 Å². The second kappa shape index (κ2) is 12.6. The van der Waals surface area contributed by atoms with E-state index in [-0.39, 0.29) is 18.2 Å². The third-order valence-electron chi connectivity index (χ3n) is 7.02.